The van der Waals surface area contributed by atoms with Gasteiger partial charge < -0.3 is 24.2 Å². The van der Waals surface area contributed by atoms with Crippen molar-refractivity contribution in [3.8, 4) is 17.2 Å². The summed E-state index contributed by atoms with van der Waals surface area (Å²) < 4.78 is 17.8. The van der Waals surface area contributed by atoms with Gasteiger partial charge in [0.2, 0.25) is 0 Å². The number of fused-ring (bicyclic) bond motifs is 1. The van der Waals surface area contributed by atoms with Crippen molar-refractivity contribution >= 4 is 17.4 Å². The number of nitrogens with zero attached hydrogens (tertiary/aromatic N) is 1. The van der Waals surface area contributed by atoms with Crippen molar-refractivity contribution in [1.29, 1.82) is 0 Å². The average Bonchev–Trinajstić information content (AvgIpc) is 3.47. The summed E-state index contributed by atoms with van der Waals surface area (Å²) >= 11 is 0. The Morgan fingerprint density at radius 1 is 0.976 bits per heavy atom. The minimum Gasteiger partial charge on any atom is -0.507 e. The number of ketones is 1. The van der Waals surface area contributed by atoms with Crippen LogP contribution in [0.15, 0.2) is 72.3 Å². The number of ether oxygens (including phenoxy) is 3. The van der Waals surface area contributed by atoms with Gasteiger partial charge in [-0.1, -0.05) is 56.2 Å². The third-order valence-electron chi connectivity index (χ3n) is 7.49. The van der Waals surface area contributed by atoms with Crippen molar-refractivity contribution in [2.45, 2.75) is 65.1 Å². The maximum atomic E-state index is 13.6. The molecule has 0 radical (unpaired) electrons. The van der Waals surface area contributed by atoms with Gasteiger partial charge in [0.1, 0.15) is 17.6 Å². The number of likely N-dealkylation sites (tertiary alicyclic amines) is 1. The molecule has 3 aromatic rings. The number of carbonyl (C=O) groups is 2. The van der Waals surface area contributed by atoms with E-state index in [0.29, 0.717) is 42.3 Å². The van der Waals surface area contributed by atoms with E-state index in [1.165, 1.54) is 4.90 Å². The van der Waals surface area contributed by atoms with Crippen LogP contribution in [0.3, 0.4) is 0 Å². The van der Waals surface area contributed by atoms with Crippen molar-refractivity contribution in [3.05, 3.63) is 94.6 Å². The number of aliphatic hydroxyl groups excluding tert-OH is 1. The smallest absolute Gasteiger partial charge is 0.295 e. The van der Waals surface area contributed by atoms with Crippen LogP contribution in [-0.4, -0.2) is 41.0 Å². The number of rotatable bonds is 11. The molecule has 41 heavy (non-hydrogen) atoms. The van der Waals surface area contributed by atoms with E-state index in [1.54, 1.807) is 12.1 Å². The van der Waals surface area contributed by atoms with E-state index in [0.717, 1.165) is 36.1 Å². The van der Waals surface area contributed by atoms with Crippen LogP contribution in [-0.2, 0) is 22.6 Å². The molecule has 7 heteroatoms. The van der Waals surface area contributed by atoms with E-state index in [4.69, 9.17) is 14.2 Å². The molecule has 0 aromatic heterocycles. The highest BCUT2D eigenvalue weighted by atomic mass is 16.5. The van der Waals surface area contributed by atoms with Gasteiger partial charge in [0.25, 0.3) is 11.7 Å². The minimum absolute atomic E-state index is 0.0403. The Hall–Kier alpha value is -4.26. The third kappa shape index (κ3) is 5.94. The maximum absolute atomic E-state index is 13.6. The fourth-order valence-corrected chi connectivity index (χ4v) is 5.51. The van der Waals surface area contributed by atoms with Gasteiger partial charge in [0.15, 0.2) is 11.5 Å². The second-order valence-corrected chi connectivity index (χ2v) is 10.6. The number of benzene rings is 3. The van der Waals surface area contributed by atoms with E-state index in [2.05, 4.69) is 6.92 Å². The number of Topliss-reactive ketones (excluding diaryl/α,β-unsaturated/α-hetero) is 1. The summed E-state index contributed by atoms with van der Waals surface area (Å²) in [6, 6.07) is 19.6. The Morgan fingerprint density at radius 2 is 1.78 bits per heavy atom. The Labute approximate surface area is 241 Å². The molecular weight excluding hydrogens is 518 g/mol. The SMILES string of the molecule is CCCCCOc1ccc(C2/C(=C(/O)c3ccc4c(c3)CC(C)O4)C(=O)C(=O)N2Cc2ccccc2)cc1OCC. The van der Waals surface area contributed by atoms with Crippen LogP contribution in [0.5, 0.6) is 17.2 Å². The summed E-state index contributed by atoms with van der Waals surface area (Å²) in [6.45, 7) is 7.23. The van der Waals surface area contributed by atoms with E-state index in [-0.39, 0.29) is 24.0 Å². The predicted molar refractivity (Wildman–Crippen MR) is 157 cm³/mol. The molecule has 0 spiro atoms. The second-order valence-electron chi connectivity index (χ2n) is 10.6. The topological polar surface area (TPSA) is 85.3 Å². The Morgan fingerprint density at radius 3 is 2.54 bits per heavy atom. The molecule has 0 bridgehead atoms. The van der Waals surface area contributed by atoms with Crippen LogP contribution in [0, 0.1) is 0 Å². The quantitative estimate of drug-likeness (QED) is 0.124. The molecule has 2 unspecified atom stereocenters. The molecule has 2 aliphatic rings. The molecule has 214 valence electrons. The first-order chi connectivity index (χ1) is 19.9. The van der Waals surface area contributed by atoms with Gasteiger partial charge in [0.05, 0.1) is 24.8 Å². The van der Waals surface area contributed by atoms with Crippen LogP contribution in [0.1, 0.15) is 68.3 Å². The highest BCUT2D eigenvalue weighted by molar-refractivity contribution is 6.46. The molecule has 3 aromatic carbocycles. The van der Waals surface area contributed by atoms with Crippen LogP contribution in [0.25, 0.3) is 5.76 Å². The Bertz CT molecular complexity index is 1450. The standard InChI is InChI=1S/C34H37NO6/c1-4-6-10-17-40-28-16-13-24(20-29(28)39-5-2)31-30(32(36)25-14-15-27-26(19-25)18-22(3)41-27)33(37)34(38)35(31)21-23-11-8-7-9-12-23/h7-9,11-16,19-20,22,31,36H,4-6,10,17-18,21H2,1-3H3/b32-30-. The van der Waals surface area contributed by atoms with Gasteiger partial charge >= 0.3 is 0 Å². The largest absolute Gasteiger partial charge is 0.507 e. The highest BCUT2D eigenvalue weighted by Crippen LogP contribution is 2.43. The number of carbonyl (C=O) groups excluding carboxylic acids is 2. The lowest BCUT2D eigenvalue weighted by molar-refractivity contribution is -0.140. The molecule has 1 saturated heterocycles. The van der Waals surface area contributed by atoms with E-state index in [9.17, 15) is 14.7 Å². The van der Waals surface area contributed by atoms with Crippen molar-refractivity contribution in [1.82, 2.24) is 4.90 Å². The molecule has 0 aliphatic carbocycles. The number of aliphatic hydroxyl groups is 1. The zero-order valence-corrected chi connectivity index (χ0v) is 23.9. The summed E-state index contributed by atoms with van der Waals surface area (Å²) in [5, 5.41) is 11.6. The minimum atomic E-state index is -0.813. The van der Waals surface area contributed by atoms with Crippen LogP contribution in [0.2, 0.25) is 0 Å². The third-order valence-corrected chi connectivity index (χ3v) is 7.49. The summed E-state index contributed by atoms with van der Waals surface area (Å²) in [5.74, 6) is 0.341. The van der Waals surface area contributed by atoms with Crippen molar-refractivity contribution in [2.75, 3.05) is 13.2 Å². The summed E-state index contributed by atoms with van der Waals surface area (Å²) in [7, 11) is 0. The zero-order valence-electron chi connectivity index (χ0n) is 23.9. The summed E-state index contributed by atoms with van der Waals surface area (Å²) in [4.78, 5) is 28.6. The van der Waals surface area contributed by atoms with Gasteiger partial charge in [0, 0.05) is 18.5 Å². The summed E-state index contributed by atoms with van der Waals surface area (Å²) in [5.41, 5.74) is 3.02. The van der Waals surface area contributed by atoms with Crippen molar-refractivity contribution < 1.29 is 28.9 Å². The predicted octanol–water partition coefficient (Wildman–Crippen LogP) is 6.60. The summed E-state index contributed by atoms with van der Waals surface area (Å²) in [6.07, 6.45) is 3.85. The van der Waals surface area contributed by atoms with Gasteiger partial charge in [-0.3, -0.25) is 9.59 Å². The maximum Gasteiger partial charge on any atom is 0.295 e. The molecular formula is C34H37NO6. The first kappa shape index (κ1) is 28.3. The molecule has 1 fully saturated rings. The first-order valence-electron chi connectivity index (χ1n) is 14.4. The van der Waals surface area contributed by atoms with Gasteiger partial charge in [-0.25, -0.2) is 0 Å². The van der Waals surface area contributed by atoms with Crippen LogP contribution < -0.4 is 14.2 Å². The highest BCUT2D eigenvalue weighted by Gasteiger charge is 2.46. The zero-order chi connectivity index (χ0) is 28.9. The number of hydrogen-bond donors (Lipinski definition) is 1. The van der Waals surface area contributed by atoms with E-state index in [1.807, 2.05) is 68.4 Å². The molecule has 0 saturated carbocycles. The molecule has 2 atom stereocenters. The van der Waals surface area contributed by atoms with E-state index < -0.39 is 17.7 Å². The lowest BCUT2D eigenvalue weighted by Crippen LogP contribution is -2.29. The normalized spacial score (nSPS) is 19.2. The number of unbranched alkanes of at least 4 members (excludes halogenated alkanes) is 2. The van der Waals surface area contributed by atoms with Gasteiger partial charge in [-0.2, -0.15) is 0 Å². The fraction of sp³-hybridized carbons (Fsp3) is 0.353. The molecule has 5 rings (SSSR count). The fourth-order valence-electron chi connectivity index (χ4n) is 5.51. The molecule has 1 N–H and O–H groups in total. The lowest BCUT2D eigenvalue weighted by atomic mass is 9.94. The average molecular weight is 556 g/mol. The van der Waals surface area contributed by atoms with E-state index >= 15 is 0 Å². The molecule has 7 nitrogen and oxygen atoms in total. The van der Waals surface area contributed by atoms with Crippen LogP contribution in [0.4, 0.5) is 0 Å². The Kier molecular flexibility index (Phi) is 8.62. The van der Waals surface area contributed by atoms with Gasteiger partial charge in [-0.05, 0) is 67.3 Å². The second kappa shape index (κ2) is 12.5. The van der Waals surface area contributed by atoms with Gasteiger partial charge in [-0.15, -0.1) is 0 Å². The Balaban J connectivity index is 1.59. The van der Waals surface area contributed by atoms with Crippen LogP contribution >= 0.6 is 0 Å². The number of hydrogen-bond acceptors (Lipinski definition) is 6. The molecule has 1 amide bonds. The lowest BCUT2D eigenvalue weighted by Gasteiger charge is -2.26. The molecule has 2 aliphatic heterocycles. The van der Waals surface area contributed by atoms with Crippen molar-refractivity contribution in [2.24, 2.45) is 0 Å². The van der Waals surface area contributed by atoms with Crippen molar-refractivity contribution in [3.63, 3.8) is 0 Å². The molecule has 2 heterocycles. The number of amides is 1. The monoisotopic (exact) mass is 555 g/mol. The first-order valence-corrected chi connectivity index (χ1v) is 14.4.